The summed E-state index contributed by atoms with van der Waals surface area (Å²) in [6.45, 7) is 5.41. The predicted molar refractivity (Wildman–Crippen MR) is 75.6 cm³/mol. The van der Waals surface area contributed by atoms with Crippen molar-refractivity contribution in [2.24, 2.45) is 17.4 Å². The van der Waals surface area contributed by atoms with Gasteiger partial charge in [0.15, 0.2) is 0 Å². The van der Waals surface area contributed by atoms with Crippen LogP contribution in [0.3, 0.4) is 0 Å². The van der Waals surface area contributed by atoms with Gasteiger partial charge in [-0.1, -0.05) is 31.5 Å². The van der Waals surface area contributed by atoms with Crippen molar-refractivity contribution in [2.45, 2.75) is 20.4 Å². The lowest BCUT2D eigenvalue weighted by Gasteiger charge is -2.27. The molecule has 100 valence electrons. The maximum atomic E-state index is 11.2. The Hall–Kier alpha value is -1.26. The Morgan fingerprint density at radius 1 is 1.44 bits per heavy atom. The average molecular weight is 270 g/mol. The zero-order valence-electron chi connectivity index (χ0n) is 10.8. The van der Waals surface area contributed by atoms with Gasteiger partial charge >= 0.3 is 0 Å². The molecule has 5 heteroatoms. The van der Waals surface area contributed by atoms with E-state index in [1.165, 1.54) is 0 Å². The van der Waals surface area contributed by atoms with Gasteiger partial charge in [0.2, 0.25) is 5.91 Å². The first-order valence-electron chi connectivity index (χ1n) is 5.96. The number of hydrogen-bond donors (Lipinski definition) is 2. The van der Waals surface area contributed by atoms with Crippen LogP contribution >= 0.6 is 11.6 Å². The number of nitrogens with two attached hydrogens (primary N) is 2. The molecule has 0 aromatic heterocycles. The fraction of sp³-hybridized carbons (Fsp3) is 0.462. The third-order valence-corrected chi connectivity index (χ3v) is 2.93. The SMILES string of the molecule is CC(C)CN(CC(N)=O)c1cccc(Cl)c1CN. The minimum Gasteiger partial charge on any atom is -0.368 e. The molecular formula is C13H20ClN3O. The summed E-state index contributed by atoms with van der Waals surface area (Å²) in [5.74, 6) is 0.0487. The quantitative estimate of drug-likeness (QED) is 0.826. The van der Waals surface area contributed by atoms with Crippen molar-refractivity contribution < 1.29 is 4.79 Å². The molecule has 0 saturated heterocycles. The number of benzene rings is 1. The van der Waals surface area contributed by atoms with Gasteiger partial charge in [0, 0.05) is 29.4 Å². The third-order valence-electron chi connectivity index (χ3n) is 2.57. The Morgan fingerprint density at radius 3 is 2.61 bits per heavy atom. The van der Waals surface area contributed by atoms with Crippen LogP contribution in [-0.4, -0.2) is 19.0 Å². The number of carbonyl (C=O) groups excluding carboxylic acids is 1. The van der Waals surface area contributed by atoms with Crippen molar-refractivity contribution in [1.29, 1.82) is 0 Å². The van der Waals surface area contributed by atoms with E-state index in [0.29, 0.717) is 17.5 Å². The molecule has 0 aliphatic carbocycles. The Kier molecular flexibility index (Phi) is 5.44. The van der Waals surface area contributed by atoms with Crippen LogP contribution in [0.4, 0.5) is 5.69 Å². The molecule has 1 aromatic carbocycles. The Morgan fingerprint density at radius 2 is 2.11 bits per heavy atom. The maximum Gasteiger partial charge on any atom is 0.236 e. The number of nitrogens with zero attached hydrogens (tertiary/aromatic N) is 1. The van der Waals surface area contributed by atoms with Crippen LogP contribution in [0, 0.1) is 5.92 Å². The van der Waals surface area contributed by atoms with Gasteiger partial charge in [0.25, 0.3) is 0 Å². The molecular weight excluding hydrogens is 250 g/mol. The van der Waals surface area contributed by atoms with Gasteiger partial charge in [-0.15, -0.1) is 0 Å². The van der Waals surface area contributed by atoms with Crippen LogP contribution in [0.2, 0.25) is 5.02 Å². The summed E-state index contributed by atoms with van der Waals surface area (Å²) in [5, 5.41) is 0.619. The van der Waals surface area contributed by atoms with Gasteiger partial charge in [0.05, 0.1) is 6.54 Å². The van der Waals surface area contributed by atoms with Crippen LogP contribution in [0.15, 0.2) is 18.2 Å². The maximum absolute atomic E-state index is 11.2. The van der Waals surface area contributed by atoms with E-state index < -0.39 is 0 Å². The lowest BCUT2D eigenvalue weighted by atomic mass is 10.1. The highest BCUT2D eigenvalue weighted by molar-refractivity contribution is 6.31. The van der Waals surface area contributed by atoms with E-state index in [9.17, 15) is 4.79 Å². The molecule has 18 heavy (non-hydrogen) atoms. The number of primary amides is 1. The average Bonchev–Trinajstić information content (AvgIpc) is 2.26. The first-order chi connectivity index (χ1) is 8.45. The zero-order valence-corrected chi connectivity index (χ0v) is 11.6. The molecule has 4 N–H and O–H groups in total. The van der Waals surface area contributed by atoms with Crippen LogP contribution in [-0.2, 0) is 11.3 Å². The fourth-order valence-corrected chi connectivity index (χ4v) is 2.17. The van der Waals surface area contributed by atoms with Gasteiger partial charge in [0.1, 0.15) is 0 Å². The normalized spacial score (nSPS) is 10.7. The summed E-state index contributed by atoms with van der Waals surface area (Å²) in [5.41, 5.74) is 12.7. The first kappa shape index (κ1) is 14.8. The van der Waals surface area contributed by atoms with Gasteiger partial charge in [-0.2, -0.15) is 0 Å². The number of hydrogen-bond acceptors (Lipinski definition) is 3. The van der Waals surface area contributed by atoms with Crippen molar-refractivity contribution in [3.63, 3.8) is 0 Å². The van der Waals surface area contributed by atoms with Crippen LogP contribution in [0.5, 0.6) is 0 Å². The standard InChI is InChI=1S/C13H20ClN3O/c1-9(2)7-17(8-13(16)18)12-5-3-4-11(14)10(12)6-15/h3-5,9H,6-8,15H2,1-2H3,(H2,16,18). The monoisotopic (exact) mass is 269 g/mol. The molecule has 0 radical (unpaired) electrons. The molecule has 1 amide bonds. The number of anilines is 1. The van der Waals surface area contributed by atoms with Crippen molar-refractivity contribution in [2.75, 3.05) is 18.0 Å². The first-order valence-corrected chi connectivity index (χ1v) is 6.34. The number of carbonyl (C=O) groups is 1. The highest BCUT2D eigenvalue weighted by Gasteiger charge is 2.15. The second-order valence-corrected chi connectivity index (χ2v) is 5.09. The molecule has 4 nitrogen and oxygen atoms in total. The lowest BCUT2D eigenvalue weighted by molar-refractivity contribution is -0.116. The number of amides is 1. The number of halogens is 1. The summed E-state index contributed by atoms with van der Waals surface area (Å²) in [6, 6.07) is 5.57. The van der Waals surface area contributed by atoms with Crippen molar-refractivity contribution >= 4 is 23.2 Å². The van der Waals surface area contributed by atoms with Crippen molar-refractivity contribution in [1.82, 2.24) is 0 Å². The predicted octanol–water partition coefficient (Wildman–Crippen LogP) is 1.75. The Labute approximate surface area is 113 Å². The van der Waals surface area contributed by atoms with Crippen molar-refractivity contribution in [3.8, 4) is 0 Å². The minimum atomic E-state index is -0.362. The molecule has 0 unspecified atom stereocenters. The molecule has 0 heterocycles. The molecule has 1 aromatic rings. The largest absolute Gasteiger partial charge is 0.368 e. The van der Waals surface area contributed by atoms with Gasteiger partial charge < -0.3 is 16.4 Å². The molecule has 0 saturated carbocycles. The fourth-order valence-electron chi connectivity index (χ4n) is 1.92. The van der Waals surface area contributed by atoms with E-state index in [0.717, 1.165) is 17.8 Å². The number of rotatable bonds is 6. The van der Waals surface area contributed by atoms with Crippen LogP contribution in [0.25, 0.3) is 0 Å². The van der Waals surface area contributed by atoms with Crippen LogP contribution in [0.1, 0.15) is 19.4 Å². The molecule has 0 aliphatic heterocycles. The second-order valence-electron chi connectivity index (χ2n) is 4.68. The smallest absolute Gasteiger partial charge is 0.236 e. The Balaban J connectivity index is 3.11. The van der Waals surface area contributed by atoms with E-state index in [4.69, 9.17) is 23.1 Å². The van der Waals surface area contributed by atoms with E-state index in [1.54, 1.807) is 6.07 Å². The van der Waals surface area contributed by atoms with E-state index in [1.807, 2.05) is 17.0 Å². The summed E-state index contributed by atoms with van der Waals surface area (Å²) >= 11 is 6.12. The summed E-state index contributed by atoms with van der Waals surface area (Å²) in [7, 11) is 0. The van der Waals surface area contributed by atoms with Gasteiger partial charge in [-0.3, -0.25) is 4.79 Å². The second kappa shape index (κ2) is 6.61. The minimum absolute atomic E-state index is 0.172. The van der Waals surface area contributed by atoms with Crippen molar-refractivity contribution in [3.05, 3.63) is 28.8 Å². The molecule has 0 atom stereocenters. The van der Waals surface area contributed by atoms with E-state index in [-0.39, 0.29) is 12.5 Å². The zero-order chi connectivity index (χ0) is 13.7. The topological polar surface area (TPSA) is 72.3 Å². The summed E-state index contributed by atoms with van der Waals surface area (Å²) < 4.78 is 0. The van der Waals surface area contributed by atoms with Gasteiger partial charge in [-0.05, 0) is 18.1 Å². The summed E-state index contributed by atoms with van der Waals surface area (Å²) in [4.78, 5) is 13.1. The summed E-state index contributed by atoms with van der Waals surface area (Å²) in [6.07, 6.45) is 0. The molecule has 0 aliphatic rings. The van der Waals surface area contributed by atoms with Gasteiger partial charge in [-0.25, -0.2) is 0 Å². The Bertz CT molecular complexity index is 421. The van der Waals surface area contributed by atoms with E-state index >= 15 is 0 Å². The molecule has 1 rings (SSSR count). The van der Waals surface area contributed by atoms with Crippen LogP contribution < -0.4 is 16.4 Å². The highest BCUT2D eigenvalue weighted by Crippen LogP contribution is 2.27. The molecule has 0 fully saturated rings. The highest BCUT2D eigenvalue weighted by atomic mass is 35.5. The lowest BCUT2D eigenvalue weighted by Crippen LogP contribution is -2.37. The third kappa shape index (κ3) is 3.89. The molecule has 0 bridgehead atoms. The van der Waals surface area contributed by atoms with E-state index in [2.05, 4.69) is 13.8 Å². The molecule has 0 spiro atoms.